The minimum atomic E-state index is 0. The number of carbonyl (C=O) groups excluding carboxylic acids is 1. The van der Waals surface area contributed by atoms with E-state index in [0.29, 0.717) is 13.0 Å². The SMILES string of the molecule is Cc1ccc(OCCC(=O)N2CCNC[C@H]2C)c(Br)c1.Cl. The van der Waals surface area contributed by atoms with Crippen molar-refractivity contribution in [3.8, 4) is 5.75 Å². The highest BCUT2D eigenvalue weighted by Crippen LogP contribution is 2.25. The van der Waals surface area contributed by atoms with E-state index in [1.807, 2.05) is 30.0 Å². The van der Waals surface area contributed by atoms with E-state index in [4.69, 9.17) is 4.74 Å². The molecule has 1 fully saturated rings. The first kappa shape index (κ1) is 18.3. The quantitative estimate of drug-likeness (QED) is 0.877. The maximum Gasteiger partial charge on any atom is 0.226 e. The van der Waals surface area contributed by atoms with E-state index >= 15 is 0 Å². The molecule has 1 aromatic rings. The maximum atomic E-state index is 12.1. The lowest BCUT2D eigenvalue weighted by atomic mass is 10.2. The number of hydrogen-bond donors (Lipinski definition) is 1. The molecule has 118 valence electrons. The third-order valence-electron chi connectivity index (χ3n) is 3.48. The van der Waals surface area contributed by atoms with Crippen LogP contribution in [0.1, 0.15) is 18.9 Å². The van der Waals surface area contributed by atoms with Crippen molar-refractivity contribution in [3.05, 3.63) is 28.2 Å². The Balaban J connectivity index is 0.00000220. The molecule has 0 aromatic heterocycles. The molecule has 1 saturated heterocycles. The third-order valence-corrected chi connectivity index (χ3v) is 4.10. The van der Waals surface area contributed by atoms with Gasteiger partial charge in [-0.3, -0.25) is 4.79 Å². The summed E-state index contributed by atoms with van der Waals surface area (Å²) in [5, 5.41) is 3.28. The zero-order chi connectivity index (χ0) is 14.5. The van der Waals surface area contributed by atoms with Crippen molar-refractivity contribution in [1.29, 1.82) is 0 Å². The van der Waals surface area contributed by atoms with Gasteiger partial charge in [-0.15, -0.1) is 12.4 Å². The molecule has 1 aliphatic heterocycles. The topological polar surface area (TPSA) is 41.6 Å². The monoisotopic (exact) mass is 376 g/mol. The maximum absolute atomic E-state index is 12.1. The average molecular weight is 378 g/mol. The Labute approximate surface area is 140 Å². The summed E-state index contributed by atoms with van der Waals surface area (Å²) in [6.07, 6.45) is 0.421. The molecule has 0 aliphatic carbocycles. The van der Waals surface area contributed by atoms with Gasteiger partial charge in [-0.1, -0.05) is 6.07 Å². The van der Waals surface area contributed by atoms with Gasteiger partial charge in [-0.05, 0) is 47.5 Å². The van der Waals surface area contributed by atoms with Gasteiger partial charge in [0.05, 0.1) is 17.5 Å². The first-order valence-electron chi connectivity index (χ1n) is 6.97. The van der Waals surface area contributed by atoms with Gasteiger partial charge in [0.15, 0.2) is 0 Å². The second-order valence-corrected chi connectivity index (χ2v) is 6.03. The lowest BCUT2D eigenvalue weighted by Gasteiger charge is -2.34. The van der Waals surface area contributed by atoms with Gasteiger partial charge in [0, 0.05) is 25.7 Å². The number of halogens is 2. The Morgan fingerprint density at radius 2 is 2.29 bits per heavy atom. The Kier molecular flexibility index (Phi) is 7.49. The average Bonchev–Trinajstić information content (AvgIpc) is 2.41. The molecule has 1 aromatic carbocycles. The van der Waals surface area contributed by atoms with Crippen LogP contribution in [0, 0.1) is 6.92 Å². The van der Waals surface area contributed by atoms with Crippen LogP contribution in [-0.2, 0) is 4.79 Å². The standard InChI is InChI=1S/C15H21BrN2O2.ClH/c1-11-3-4-14(13(16)9-11)20-8-5-15(19)18-7-6-17-10-12(18)2;/h3-4,9,12,17H,5-8,10H2,1-2H3;1H/t12-;/m1./s1. The molecule has 0 spiro atoms. The molecule has 4 nitrogen and oxygen atoms in total. The molecular formula is C15H22BrClN2O2. The predicted octanol–water partition coefficient (Wildman–Crippen LogP) is 2.77. The van der Waals surface area contributed by atoms with Crippen LogP contribution in [0.15, 0.2) is 22.7 Å². The number of aryl methyl sites for hydroxylation is 1. The molecule has 1 heterocycles. The number of rotatable bonds is 4. The van der Waals surface area contributed by atoms with E-state index in [2.05, 4.69) is 28.2 Å². The summed E-state index contributed by atoms with van der Waals surface area (Å²) in [5.41, 5.74) is 1.18. The van der Waals surface area contributed by atoms with E-state index in [0.717, 1.165) is 29.9 Å². The van der Waals surface area contributed by atoms with Crippen molar-refractivity contribution >= 4 is 34.2 Å². The Bertz CT molecular complexity index is 485. The Hall–Kier alpha value is -0.780. The van der Waals surface area contributed by atoms with Crippen LogP contribution >= 0.6 is 28.3 Å². The lowest BCUT2D eigenvalue weighted by molar-refractivity contribution is -0.134. The molecule has 1 atom stereocenters. The molecule has 1 N–H and O–H groups in total. The number of hydrogen-bond acceptors (Lipinski definition) is 3. The highest BCUT2D eigenvalue weighted by molar-refractivity contribution is 9.10. The number of piperazine rings is 1. The fraction of sp³-hybridized carbons (Fsp3) is 0.533. The fourth-order valence-electron chi connectivity index (χ4n) is 2.33. The number of nitrogens with zero attached hydrogens (tertiary/aromatic N) is 1. The van der Waals surface area contributed by atoms with Gasteiger partial charge in [0.1, 0.15) is 5.75 Å². The molecular weight excluding hydrogens is 356 g/mol. The van der Waals surface area contributed by atoms with E-state index in [1.165, 1.54) is 5.56 Å². The van der Waals surface area contributed by atoms with Crippen LogP contribution in [0.3, 0.4) is 0 Å². The summed E-state index contributed by atoms with van der Waals surface area (Å²) >= 11 is 3.47. The second-order valence-electron chi connectivity index (χ2n) is 5.17. The summed E-state index contributed by atoms with van der Waals surface area (Å²) in [7, 11) is 0. The van der Waals surface area contributed by atoms with Crippen LogP contribution in [0.2, 0.25) is 0 Å². The summed E-state index contributed by atoms with van der Waals surface area (Å²) in [6, 6.07) is 6.20. The number of amides is 1. The van der Waals surface area contributed by atoms with Crippen LogP contribution < -0.4 is 10.1 Å². The van der Waals surface area contributed by atoms with Crippen LogP contribution in [0.5, 0.6) is 5.75 Å². The highest BCUT2D eigenvalue weighted by Gasteiger charge is 2.22. The highest BCUT2D eigenvalue weighted by atomic mass is 79.9. The van der Waals surface area contributed by atoms with Gasteiger partial charge >= 0.3 is 0 Å². The first-order valence-corrected chi connectivity index (χ1v) is 7.76. The molecule has 0 radical (unpaired) electrons. The smallest absolute Gasteiger partial charge is 0.226 e. The second kappa shape index (κ2) is 8.61. The molecule has 1 amide bonds. The van der Waals surface area contributed by atoms with Crippen molar-refractivity contribution < 1.29 is 9.53 Å². The third kappa shape index (κ3) is 5.16. The van der Waals surface area contributed by atoms with Gasteiger partial charge in [0.25, 0.3) is 0 Å². The number of ether oxygens (including phenoxy) is 1. The zero-order valence-electron chi connectivity index (χ0n) is 12.4. The minimum absolute atomic E-state index is 0. The molecule has 0 unspecified atom stereocenters. The molecule has 21 heavy (non-hydrogen) atoms. The lowest BCUT2D eigenvalue weighted by Crippen LogP contribution is -2.52. The molecule has 2 rings (SSSR count). The molecule has 0 saturated carbocycles. The van der Waals surface area contributed by atoms with Crippen LogP contribution in [0.25, 0.3) is 0 Å². The van der Waals surface area contributed by atoms with Crippen molar-refractivity contribution in [3.63, 3.8) is 0 Å². The van der Waals surface area contributed by atoms with Crippen molar-refractivity contribution in [2.45, 2.75) is 26.3 Å². The number of nitrogens with one attached hydrogen (secondary N) is 1. The van der Waals surface area contributed by atoms with Gasteiger partial charge < -0.3 is 15.0 Å². The van der Waals surface area contributed by atoms with Crippen molar-refractivity contribution in [2.75, 3.05) is 26.2 Å². The van der Waals surface area contributed by atoms with Crippen LogP contribution in [-0.4, -0.2) is 43.1 Å². The summed E-state index contributed by atoms with van der Waals surface area (Å²) in [6.45, 7) is 7.05. The summed E-state index contributed by atoms with van der Waals surface area (Å²) in [5.74, 6) is 0.957. The van der Waals surface area contributed by atoms with Gasteiger partial charge in [-0.25, -0.2) is 0 Å². The Morgan fingerprint density at radius 3 is 2.95 bits per heavy atom. The van der Waals surface area contributed by atoms with Gasteiger partial charge in [0.2, 0.25) is 5.91 Å². The molecule has 0 bridgehead atoms. The summed E-state index contributed by atoms with van der Waals surface area (Å²) in [4.78, 5) is 14.1. The van der Waals surface area contributed by atoms with E-state index in [9.17, 15) is 4.79 Å². The Morgan fingerprint density at radius 1 is 1.52 bits per heavy atom. The van der Waals surface area contributed by atoms with E-state index < -0.39 is 0 Å². The van der Waals surface area contributed by atoms with E-state index in [-0.39, 0.29) is 24.4 Å². The predicted molar refractivity (Wildman–Crippen MR) is 90.3 cm³/mol. The minimum Gasteiger partial charge on any atom is -0.492 e. The molecule has 1 aliphatic rings. The van der Waals surface area contributed by atoms with Gasteiger partial charge in [-0.2, -0.15) is 0 Å². The fourth-order valence-corrected chi connectivity index (χ4v) is 2.93. The summed E-state index contributed by atoms with van der Waals surface area (Å²) < 4.78 is 6.61. The number of benzene rings is 1. The zero-order valence-corrected chi connectivity index (χ0v) is 14.8. The normalized spacial score (nSPS) is 18.0. The first-order chi connectivity index (χ1) is 9.58. The van der Waals surface area contributed by atoms with Crippen molar-refractivity contribution in [1.82, 2.24) is 10.2 Å². The molecule has 6 heteroatoms. The number of carbonyl (C=O) groups is 1. The van der Waals surface area contributed by atoms with Crippen LogP contribution in [0.4, 0.5) is 0 Å². The van der Waals surface area contributed by atoms with E-state index in [1.54, 1.807) is 0 Å². The largest absolute Gasteiger partial charge is 0.492 e. The van der Waals surface area contributed by atoms with Crippen molar-refractivity contribution in [2.24, 2.45) is 0 Å².